The summed E-state index contributed by atoms with van der Waals surface area (Å²) in [5.41, 5.74) is 5.33. The predicted octanol–water partition coefficient (Wildman–Crippen LogP) is 0.818. The Hall–Kier alpha value is -1.29. The molecule has 1 heterocycles. The zero-order valence-electron chi connectivity index (χ0n) is 7.69. The largest absolute Gasteiger partial charge is 0.493 e. The molecule has 4 nitrogen and oxygen atoms in total. The summed E-state index contributed by atoms with van der Waals surface area (Å²) in [6.07, 6.45) is 2.50. The van der Waals surface area contributed by atoms with E-state index in [2.05, 4.69) is 4.98 Å². The Morgan fingerprint density at radius 3 is 3.08 bits per heavy atom. The quantitative estimate of drug-likeness (QED) is 0.685. The molecule has 0 aromatic carbocycles. The van der Waals surface area contributed by atoms with Crippen molar-refractivity contribution in [1.82, 2.24) is 4.98 Å². The third-order valence-electron chi connectivity index (χ3n) is 1.53. The van der Waals surface area contributed by atoms with Crippen molar-refractivity contribution >= 4 is 0 Å². The van der Waals surface area contributed by atoms with E-state index in [4.69, 9.17) is 15.2 Å². The van der Waals surface area contributed by atoms with E-state index < -0.39 is 0 Å². The standard InChI is InChI=1S/C9H14N2O2/c1-12-9-7-8(3-5-11-9)13-6-2-4-10/h3,5,7H,2,4,6,10H2,1H3. The normalized spacial score (nSPS) is 9.69. The molecule has 72 valence electrons. The van der Waals surface area contributed by atoms with Crippen molar-refractivity contribution in [3.05, 3.63) is 18.3 Å². The molecule has 13 heavy (non-hydrogen) atoms. The summed E-state index contributed by atoms with van der Waals surface area (Å²) < 4.78 is 10.3. The van der Waals surface area contributed by atoms with Gasteiger partial charge in [-0.15, -0.1) is 0 Å². The van der Waals surface area contributed by atoms with Crippen LogP contribution in [0.5, 0.6) is 11.6 Å². The van der Waals surface area contributed by atoms with Crippen LogP contribution in [0.3, 0.4) is 0 Å². The minimum absolute atomic E-state index is 0.560. The maximum Gasteiger partial charge on any atom is 0.216 e. The Labute approximate surface area is 77.7 Å². The van der Waals surface area contributed by atoms with Crippen LogP contribution in [0, 0.1) is 0 Å². The smallest absolute Gasteiger partial charge is 0.216 e. The van der Waals surface area contributed by atoms with Crippen LogP contribution in [-0.2, 0) is 0 Å². The van der Waals surface area contributed by atoms with Gasteiger partial charge in [-0.05, 0) is 19.0 Å². The van der Waals surface area contributed by atoms with Crippen LogP contribution in [0.25, 0.3) is 0 Å². The molecule has 0 aliphatic carbocycles. The Bertz CT molecular complexity index is 253. The van der Waals surface area contributed by atoms with Crippen molar-refractivity contribution in [3.8, 4) is 11.6 Å². The SMILES string of the molecule is COc1cc(OCCCN)ccn1. The van der Waals surface area contributed by atoms with E-state index in [0.717, 1.165) is 12.2 Å². The highest BCUT2D eigenvalue weighted by atomic mass is 16.5. The molecule has 1 aromatic heterocycles. The molecule has 0 saturated carbocycles. The molecule has 0 radical (unpaired) electrons. The lowest BCUT2D eigenvalue weighted by atomic mass is 10.4. The van der Waals surface area contributed by atoms with E-state index in [9.17, 15) is 0 Å². The van der Waals surface area contributed by atoms with E-state index in [1.54, 1.807) is 25.4 Å². The molecule has 0 aliphatic heterocycles. The van der Waals surface area contributed by atoms with Crippen LogP contribution < -0.4 is 15.2 Å². The van der Waals surface area contributed by atoms with Crippen LogP contribution in [0.15, 0.2) is 18.3 Å². The van der Waals surface area contributed by atoms with Crippen LogP contribution in [0.4, 0.5) is 0 Å². The molecule has 2 N–H and O–H groups in total. The van der Waals surface area contributed by atoms with E-state index in [1.807, 2.05) is 0 Å². The zero-order chi connectivity index (χ0) is 9.52. The van der Waals surface area contributed by atoms with Crippen LogP contribution in [0.1, 0.15) is 6.42 Å². The monoisotopic (exact) mass is 182 g/mol. The van der Waals surface area contributed by atoms with Gasteiger partial charge in [-0.1, -0.05) is 0 Å². The molecule has 1 rings (SSSR count). The van der Waals surface area contributed by atoms with Gasteiger partial charge in [0.05, 0.1) is 13.7 Å². The summed E-state index contributed by atoms with van der Waals surface area (Å²) in [7, 11) is 1.58. The number of nitrogens with two attached hydrogens (primary N) is 1. The van der Waals surface area contributed by atoms with Gasteiger partial charge in [0.2, 0.25) is 5.88 Å². The molecule has 0 atom stereocenters. The van der Waals surface area contributed by atoms with Crippen molar-refractivity contribution in [1.29, 1.82) is 0 Å². The van der Waals surface area contributed by atoms with Gasteiger partial charge in [0.25, 0.3) is 0 Å². The van der Waals surface area contributed by atoms with E-state index >= 15 is 0 Å². The predicted molar refractivity (Wildman–Crippen MR) is 50.0 cm³/mol. The Balaban J connectivity index is 2.46. The van der Waals surface area contributed by atoms with Crippen molar-refractivity contribution in [2.45, 2.75) is 6.42 Å². The minimum Gasteiger partial charge on any atom is -0.493 e. The molecule has 0 saturated heterocycles. The molecule has 4 heteroatoms. The first-order chi connectivity index (χ1) is 6.36. The second-order valence-electron chi connectivity index (χ2n) is 2.52. The molecule has 0 spiro atoms. The van der Waals surface area contributed by atoms with Crippen molar-refractivity contribution in [3.63, 3.8) is 0 Å². The fourth-order valence-electron chi connectivity index (χ4n) is 0.866. The van der Waals surface area contributed by atoms with E-state index in [0.29, 0.717) is 19.0 Å². The Morgan fingerprint density at radius 2 is 2.38 bits per heavy atom. The van der Waals surface area contributed by atoms with Crippen molar-refractivity contribution in [2.75, 3.05) is 20.3 Å². The van der Waals surface area contributed by atoms with Gasteiger partial charge in [0.1, 0.15) is 5.75 Å². The lowest BCUT2D eigenvalue weighted by Gasteiger charge is -2.05. The summed E-state index contributed by atoms with van der Waals surface area (Å²) in [5, 5.41) is 0. The topological polar surface area (TPSA) is 57.4 Å². The van der Waals surface area contributed by atoms with Gasteiger partial charge in [-0.2, -0.15) is 0 Å². The molecule has 0 fully saturated rings. The summed E-state index contributed by atoms with van der Waals surface area (Å²) in [6, 6.07) is 3.54. The second-order valence-corrected chi connectivity index (χ2v) is 2.52. The highest BCUT2D eigenvalue weighted by molar-refractivity contribution is 5.25. The number of methoxy groups -OCH3 is 1. The molecular weight excluding hydrogens is 168 g/mol. The summed E-state index contributed by atoms with van der Waals surface area (Å²) >= 11 is 0. The van der Waals surface area contributed by atoms with Crippen LogP contribution in [0.2, 0.25) is 0 Å². The number of nitrogens with zero attached hydrogens (tertiary/aromatic N) is 1. The number of pyridine rings is 1. The second kappa shape index (κ2) is 5.37. The van der Waals surface area contributed by atoms with Gasteiger partial charge < -0.3 is 15.2 Å². The molecular formula is C9H14N2O2. The lowest BCUT2D eigenvalue weighted by Crippen LogP contribution is -2.06. The summed E-state index contributed by atoms with van der Waals surface area (Å²) in [4.78, 5) is 3.96. The van der Waals surface area contributed by atoms with Crippen molar-refractivity contribution in [2.24, 2.45) is 5.73 Å². The van der Waals surface area contributed by atoms with Crippen molar-refractivity contribution < 1.29 is 9.47 Å². The molecule has 0 unspecified atom stereocenters. The fourth-order valence-corrected chi connectivity index (χ4v) is 0.866. The minimum atomic E-state index is 0.560. The van der Waals surface area contributed by atoms with Crippen LogP contribution in [-0.4, -0.2) is 25.2 Å². The van der Waals surface area contributed by atoms with E-state index in [-0.39, 0.29) is 0 Å². The molecule has 0 aliphatic rings. The van der Waals surface area contributed by atoms with Gasteiger partial charge in [0, 0.05) is 12.3 Å². The van der Waals surface area contributed by atoms with Gasteiger partial charge >= 0.3 is 0 Å². The average Bonchev–Trinajstić information content (AvgIpc) is 2.19. The maximum atomic E-state index is 5.39. The summed E-state index contributed by atoms with van der Waals surface area (Å²) in [5.74, 6) is 1.32. The van der Waals surface area contributed by atoms with Gasteiger partial charge in [-0.3, -0.25) is 0 Å². The third-order valence-corrected chi connectivity index (χ3v) is 1.53. The number of hydrogen-bond acceptors (Lipinski definition) is 4. The highest BCUT2D eigenvalue weighted by Crippen LogP contribution is 2.15. The van der Waals surface area contributed by atoms with Gasteiger partial charge in [0.15, 0.2) is 0 Å². The first-order valence-electron chi connectivity index (χ1n) is 4.19. The van der Waals surface area contributed by atoms with Crippen LogP contribution >= 0.6 is 0 Å². The van der Waals surface area contributed by atoms with E-state index in [1.165, 1.54) is 0 Å². The zero-order valence-corrected chi connectivity index (χ0v) is 7.69. The number of hydrogen-bond donors (Lipinski definition) is 1. The molecule has 1 aromatic rings. The van der Waals surface area contributed by atoms with Gasteiger partial charge in [-0.25, -0.2) is 4.98 Å². The fraction of sp³-hybridized carbons (Fsp3) is 0.444. The number of rotatable bonds is 5. The number of aromatic nitrogens is 1. The first-order valence-corrected chi connectivity index (χ1v) is 4.19. The Kier molecular flexibility index (Phi) is 4.05. The summed E-state index contributed by atoms with van der Waals surface area (Å²) in [6.45, 7) is 1.27. The third kappa shape index (κ3) is 3.29. The maximum absolute atomic E-state index is 5.39. The first kappa shape index (κ1) is 9.80. The molecule has 0 amide bonds. The average molecular weight is 182 g/mol. The highest BCUT2D eigenvalue weighted by Gasteiger charge is 1.96. The molecule has 0 bridgehead atoms. The lowest BCUT2D eigenvalue weighted by molar-refractivity contribution is 0.309. The Morgan fingerprint density at radius 1 is 1.54 bits per heavy atom. The number of ether oxygens (including phenoxy) is 2.